The van der Waals surface area contributed by atoms with E-state index in [1.807, 2.05) is 18.2 Å². The van der Waals surface area contributed by atoms with Gasteiger partial charge in [0.2, 0.25) is 0 Å². The monoisotopic (exact) mass is 195 g/mol. The van der Waals surface area contributed by atoms with Gasteiger partial charge in [0.1, 0.15) is 5.75 Å². The van der Waals surface area contributed by atoms with E-state index in [2.05, 4.69) is 19.2 Å². The molecule has 3 nitrogen and oxygen atoms in total. The van der Waals surface area contributed by atoms with Gasteiger partial charge in [0.15, 0.2) is 0 Å². The van der Waals surface area contributed by atoms with E-state index in [0.717, 1.165) is 17.0 Å². The SMILES string of the molecule is COc1ccc(NC(C)C)c(CO)c1. The first-order valence-corrected chi connectivity index (χ1v) is 4.71. The van der Waals surface area contributed by atoms with Crippen LogP contribution in [0.1, 0.15) is 19.4 Å². The highest BCUT2D eigenvalue weighted by atomic mass is 16.5. The molecule has 2 N–H and O–H groups in total. The van der Waals surface area contributed by atoms with Crippen LogP contribution in [0.4, 0.5) is 5.69 Å². The van der Waals surface area contributed by atoms with Crippen LogP contribution in [0.3, 0.4) is 0 Å². The van der Waals surface area contributed by atoms with Crippen molar-refractivity contribution in [1.29, 1.82) is 0 Å². The third kappa shape index (κ3) is 2.64. The molecule has 14 heavy (non-hydrogen) atoms. The number of aliphatic hydroxyl groups excluding tert-OH is 1. The highest BCUT2D eigenvalue weighted by Gasteiger charge is 2.04. The summed E-state index contributed by atoms with van der Waals surface area (Å²) in [5.41, 5.74) is 1.82. The van der Waals surface area contributed by atoms with Crippen molar-refractivity contribution in [3.05, 3.63) is 23.8 Å². The van der Waals surface area contributed by atoms with Crippen LogP contribution in [0.5, 0.6) is 5.75 Å². The van der Waals surface area contributed by atoms with Gasteiger partial charge in [-0.25, -0.2) is 0 Å². The molecular formula is C11H17NO2. The average molecular weight is 195 g/mol. The van der Waals surface area contributed by atoms with Crippen molar-refractivity contribution >= 4 is 5.69 Å². The lowest BCUT2D eigenvalue weighted by atomic mass is 10.1. The summed E-state index contributed by atoms with van der Waals surface area (Å²) < 4.78 is 5.08. The predicted molar refractivity (Wildman–Crippen MR) is 57.7 cm³/mol. The molecule has 0 unspecified atom stereocenters. The lowest BCUT2D eigenvalue weighted by molar-refractivity contribution is 0.281. The van der Waals surface area contributed by atoms with Crippen LogP contribution in [0.25, 0.3) is 0 Å². The molecule has 0 saturated carbocycles. The smallest absolute Gasteiger partial charge is 0.119 e. The first-order chi connectivity index (χ1) is 6.67. The highest BCUT2D eigenvalue weighted by molar-refractivity contribution is 5.54. The number of hydrogen-bond acceptors (Lipinski definition) is 3. The lowest BCUT2D eigenvalue weighted by Gasteiger charge is -2.14. The van der Waals surface area contributed by atoms with Gasteiger partial charge in [0.25, 0.3) is 0 Å². The third-order valence-electron chi connectivity index (χ3n) is 1.93. The van der Waals surface area contributed by atoms with Crippen LogP contribution in [0.2, 0.25) is 0 Å². The quantitative estimate of drug-likeness (QED) is 0.772. The lowest BCUT2D eigenvalue weighted by Crippen LogP contribution is -2.11. The second-order valence-electron chi connectivity index (χ2n) is 3.48. The number of hydrogen-bond donors (Lipinski definition) is 2. The molecule has 0 spiro atoms. The Balaban J connectivity index is 2.93. The van der Waals surface area contributed by atoms with Crippen LogP contribution in [-0.4, -0.2) is 18.3 Å². The Morgan fingerprint density at radius 3 is 2.64 bits per heavy atom. The molecule has 0 saturated heterocycles. The number of rotatable bonds is 4. The second kappa shape index (κ2) is 4.86. The fourth-order valence-corrected chi connectivity index (χ4v) is 1.28. The van der Waals surface area contributed by atoms with Crippen molar-refractivity contribution in [2.75, 3.05) is 12.4 Å². The van der Waals surface area contributed by atoms with Crippen molar-refractivity contribution in [2.24, 2.45) is 0 Å². The largest absolute Gasteiger partial charge is 0.497 e. The summed E-state index contributed by atoms with van der Waals surface area (Å²) in [5.74, 6) is 0.767. The maximum absolute atomic E-state index is 9.16. The number of nitrogens with one attached hydrogen (secondary N) is 1. The molecule has 0 aliphatic rings. The van der Waals surface area contributed by atoms with Gasteiger partial charge in [-0.05, 0) is 32.0 Å². The van der Waals surface area contributed by atoms with E-state index in [1.54, 1.807) is 7.11 Å². The van der Waals surface area contributed by atoms with Crippen molar-refractivity contribution in [3.8, 4) is 5.75 Å². The Morgan fingerprint density at radius 2 is 2.14 bits per heavy atom. The summed E-state index contributed by atoms with van der Waals surface area (Å²) in [6.07, 6.45) is 0. The average Bonchev–Trinajstić information content (AvgIpc) is 2.17. The number of ether oxygens (including phenoxy) is 1. The van der Waals surface area contributed by atoms with Crippen molar-refractivity contribution < 1.29 is 9.84 Å². The molecule has 0 radical (unpaired) electrons. The van der Waals surface area contributed by atoms with Gasteiger partial charge in [0, 0.05) is 17.3 Å². The summed E-state index contributed by atoms with van der Waals surface area (Å²) in [7, 11) is 1.62. The predicted octanol–water partition coefficient (Wildman–Crippen LogP) is 2.01. The molecule has 0 amide bonds. The molecule has 0 aliphatic carbocycles. The van der Waals surface area contributed by atoms with E-state index in [-0.39, 0.29) is 6.61 Å². The van der Waals surface area contributed by atoms with E-state index in [1.165, 1.54) is 0 Å². The Labute approximate surface area is 84.7 Å². The summed E-state index contributed by atoms with van der Waals surface area (Å²) in [6, 6.07) is 5.99. The van der Waals surface area contributed by atoms with E-state index in [4.69, 9.17) is 9.84 Å². The summed E-state index contributed by atoms with van der Waals surface area (Å²) in [4.78, 5) is 0. The van der Waals surface area contributed by atoms with E-state index in [9.17, 15) is 0 Å². The maximum Gasteiger partial charge on any atom is 0.119 e. The fourth-order valence-electron chi connectivity index (χ4n) is 1.28. The van der Waals surface area contributed by atoms with Crippen LogP contribution >= 0.6 is 0 Å². The maximum atomic E-state index is 9.16. The molecule has 0 fully saturated rings. The first-order valence-electron chi connectivity index (χ1n) is 4.71. The van der Waals surface area contributed by atoms with Crippen molar-refractivity contribution in [2.45, 2.75) is 26.5 Å². The number of anilines is 1. The zero-order valence-electron chi connectivity index (χ0n) is 8.87. The van der Waals surface area contributed by atoms with Crippen LogP contribution in [0.15, 0.2) is 18.2 Å². The molecule has 0 heterocycles. The molecule has 0 bridgehead atoms. The molecule has 1 aromatic rings. The van der Waals surface area contributed by atoms with E-state index >= 15 is 0 Å². The summed E-state index contributed by atoms with van der Waals surface area (Å²) >= 11 is 0. The Bertz CT molecular complexity index is 297. The zero-order chi connectivity index (χ0) is 10.6. The Hall–Kier alpha value is -1.22. The van der Waals surface area contributed by atoms with Gasteiger partial charge in [-0.2, -0.15) is 0 Å². The number of aliphatic hydroxyl groups is 1. The molecular weight excluding hydrogens is 178 g/mol. The molecule has 0 atom stereocenters. The van der Waals surface area contributed by atoms with Gasteiger partial charge < -0.3 is 15.2 Å². The van der Waals surface area contributed by atoms with E-state index < -0.39 is 0 Å². The van der Waals surface area contributed by atoms with Crippen LogP contribution < -0.4 is 10.1 Å². The molecule has 1 rings (SSSR count). The van der Waals surface area contributed by atoms with E-state index in [0.29, 0.717) is 6.04 Å². The minimum Gasteiger partial charge on any atom is -0.497 e. The molecule has 78 valence electrons. The van der Waals surface area contributed by atoms with Crippen molar-refractivity contribution in [1.82, 2.24) is 0 Å². The molecule has 0 aliphatic heterocycles. The van der Waals surface area contributed by atoms with Crippen molar-refractivity contribution in [3.63, 3.8) is 0 Å². The molecule has 1 aromatic carbocycles. The summed E-state index contributed by atoms with van der Waals surface area (Å²) in [5, 5.41) is 12.4. The van der Waals surface area contributed by atoms with Gasteiger partial charge in [-0.3, -0.25) is 0 Å². The van der Waals surface area contributed by atoms with Crippen LogP contribution in [-0.2, 0) is 6.61 Å². The topological polar surface area (TPSA) is 41.5 Å². The van der Waals surface area contributed by atoms with Gasteiger partial charge >= 0.3 is 0 Å². The van der Waals surface area contributed by atoms with Crippen LogP contribution in [0, 0.1) is 0 Å². The van der Waals surface area contributed by atoms with Gasteiger partial charge in [-0.15, -0.1) is 0 Å². The minimum absolute atomic E-state index is 0.0201. The Morgan fingerprint density at radius 1 is 1.43 bits per heavy atom. The van der Waals surface area contributed by atoms with Gasteiger partial charge in [0.05, 0.1) is 13.7 Å². The standard InChI is InChI=1S/C11H17NO2/c1-8(2)12-11-5-4-10(14-3)6-9(11)7-13/h4-6,8,12-13H,7H2,1-3H3. The first kappa shape index (κ1) is 10.9. The van der Waals surface area contributed by atoms with Gasteiger partial charge in [-0.1, -0.05) is 0 Å². The normalized spacial score (nSPS) is 10.4. The highest BCUT2D eigenvalue weighted by Crippen LogP contribution is 2.22. The summed E-state index contributed by atoms with van der Waals surface area (Å²) in [6.45, 7) is 4.14. The molecule has 0 aromatic heterocycles. The minimum atomic E-state index is 0.0201. The zero-order valence-corrected chi connectivity index (χ0v) is 8.87. The molecule has 3 heteroatoms. The second-order valence-corrected chi connectivity index (χ2v) is 3.48. The number of methoxy groups -OCH3 is 1. The Kier molecular flexibility index (Phi) is 3.77. The fraction of sp³-hybridized carbons (Fsp3) is 0.455. The third-order valence-corrected chi connectivity index (χ3v) is 1.93. The number of benzene rings is 1.